The molecule has 0 bridgehead atoms. The van der Waals surface area contributed by atoms with Gasteiger partial charge in [-0.25, -0.2) is 0 Å². The summed E-state index contributed by atoms with van der Waals surface area (Å²) >= 11 is 0. The fourth-order valence-corrected chi connectivity index (χ4v) is 9.57. The van der Waals surface area contributed by atoms with E-state index < -0.39 is 24.3 Å². The summed E-state index contributed by atoms with van der Waals surface area (Å²) in [6, 6.07) is 0. The highest BCUT2D eigenvalue weighted by atomic mass is 16.7. The highest BCUT2D eigenvalue weighted by molar-refractivity contribution is 5.70. The quantitative estimate of drug-likeness (QED) is 0.0195. The molecule has 9 nitrogen and oxygen atoms in total. The Kier molecular flexibility index (Phi) is 61.3. The molecule has 0 aliphatic rings. The third-order valence-corrected chi connectivity index (χ3v) is 14.8. The van der Waals surface area contributed by atoms with Crippen molar-refractivity contribution in [3.63, 3.8) is 0 Å². The number of hydrogen-bond donors (Lipinski definition) is 0. The molecule has 0 radical (unpaired) electrons. The van der Waals surface area contributed by atoms with Crippen LogP contribution in [0.1, 0.15) is 296 Å². The Morgan fingerprint density at radius 3 is 1.02 bits per heavy atom. The van der Waals surface area contributed by atoms with Gasteiger partial charge in [0.2, 0.25) is 0 Å². The minimum absolute atomic E-state index is 0.144. The zero-order chi connectivity index (χ0) is 60.5. The first-order valence-electron chi connectivity index (χ1n) is 34.4. The van der Waals surface area contributed by atoms with Crippen molar-refractivity contribution < 1.29 is 42.9 Å². The Bertz CT molecular complexity index is 1680. The second kappa shape index (κ2) is 64.2. The molecule has 0 aliphatic heterocycles. The molecule has 2 unspecified atom stereocenters. The minimum Gasteiger partial charge on any atom is -0.545 e. The van der Waals surface area contributed by atoms with E-state index in [-0.39, 0.29) is 38.6 Å². The Balaban J connectivity index is 4.13. The lowest BCUT2D eigenvalue weighted by Gasteiger charge is -2.26. The molecule has 0 saturated heterocycles. The van der Waals surface area contributed by atoms with Crippen molar-refractivity contribution in [3.8, 4) is 0 Å². The molecule has 0 saturated carbocycles. The zero-order valence-electron chi connectivity index (χ0n) is 54.5. The van der Waals surface area contributed by atoms with Crippen LogP contribution in [0, 0.1) is 0 Å². The van der Waals surface area contributed by atoms with Crippen molar-refractivity contribution >= 4 is 17.9 Å². The fraction of sp³-hybridized carbons (Fsp3) is 0.743. The molecule has 0 aromatic heterocycles. The number of esters is 2. The first-order chi connectivity index (χ1) is 40.6. The first-order valence-corrected chi connectivity index (χ1v) is 34.4. The molecule has 0 amide bonds. The molecule has 0 N–H and O–H groups in total. The van der Waals surface area contributed by atoms with Gasteiger partial charge >= 0.3 is 11.9 Å². The number of rotatable bonds is 63. The largest absolute Gasteiger partial charge is 0.545 e. The number of nitrogens with zero attached hydrogens (tertiary/aromatic N) is 1. The van der Waals surface area contributed by atoms with Gasteiger partial charge in [-0.1, -0.05) is 284 Å². The lowest BCUT2D eigenvalue weighted by molar-refractivity contribution is -0.870. The third-order valence-electron chi connectivity index (χ3n) is 14.8. The number of carboxylic acid groups (broad SMARTS) is 1. The van der Waals surface area contributed by atoms with E-state index in [2.05, 4.69) is 111 Å². The van der Waals surface area contributed by atoms with Crippen molar-refractivity contribution in [2.75, 3.05) is 47.5 Å². The predicted octanol–water partition coefficient (Wildman–Crippen LogP) is 19.9. The third kappa shape index (κ3) is 65.6. The van der Waals surface area contributed by atoms with Crippen LogP contribution in [-0.2, 0) is 33.3 Å². The fourth-order valence-electron chi connectivity index (χ4n) is 9.57. The maximum absolute atomic E-state index is 12.9. The van der Waals surface area contributed by atoms with Crippen molar-refractivity contribution in [2.24, 2.45) is 0 Å². The second-order valence-corrected chi connectivity index (χ2v) is 24.1. The highest BCUT2D eigenvalue weighted by Crippen LogP contribution is 2.17. The number of quaternary nitrogens is 1. The highest BCUT2D eigenvalue weighted by Gasteiger charge is 2.22. The summed E-state index contributed by atoms with van der Waals surface area (Å²) in [6.45, 7) is 4.64. The Morgan fingerprint density at radius 2 is 0.687 bits per heavy atom. The standard InChI is InChI=1S/C74H129NO8/c1-6-8-10-12-14-16-18-20-22-24-26-28-30-32-34-35-36-37-39-40-42-44-46-48-50-52-54-56-58-60-62-64-71(76)81-68-70(69-82-74(73(78)79)80-67-66-75(3,4)5)83-72(77)65-63-61-59-57-55-53-51-49-47-45-43-41-38-33-31-29-27-25-23-21-19-17-15-13-11-9-7-2/h9,11,15,17-18,20-21,23-24,26-27,29-30,32-33,38,70,74H,6-8,10,12-14,16,19,22,25,28,31,34-37,39-69H2,1-5H3/b11-9-,17-15-,20-18-,23-21-,26-24-,29-27-,32-30-,38-33-. The lowest BCUT2D eigenvalue weighted by Crippen LogP contribution is -2.44. The number of ether oxygens (including phenoxy) is 4. The second-order valence-electron chi connectivity index (χ2n) is 24.1. The van der Waals surface area contributed by atoms with Crippen LogP contribution in [0.3, 0.4) is 0 Å². The Hall–Kier alpha value is -3.79. The molecule has 0 spiro atoms. The summed E-state index contributed by atoms with van der Waals surface area (Å²) in [5, 5.41) is 11.8. The molecule has 0 aliphatic carbocycles. The van der Waals surface area contributed by atoms with Crippen LogP contribution in [0.25, 0.3) is 0 Å². The van der Waals surface area contributed by atoms with E-state index in [1.165, 1.54) is 173 Å². The Morgan fingerprint density at radius 1 is 0.373 bits per heavy atom. The summed E-state index contributed by atoms with van der Waals surface area (Å²) in [7, 11) is 5.93. The van der Waals surface area contributed by atoms with Crippen LogP contribution < -0.4 is 5.11 Å². The van der Waals surface area contributed by atoms with Gasteiger partial charge in [-0.15, -0.1) is 0 Å². The number of aliphatic carboxylic acids is 1. The number of carbonyl (C=O) groups excluding carboxylic acids is 3. The van der Waals surface area contributed by atoms with Crippen molar-refractivity contribution in [3.05, 3.63) is 97.2 Å². The number of unbranched alkanes of at least 4 members (excludes halogenated alkanes) is 32. The topological polar surface area (TPSA) is 111 Å². The molecular formula is C74H129NO8. The Labute approximate surface area is 512 Å². The first kappa shape index (κ1) is 79.2. The van der Waals surface area contributed by atoms with Crippen molar-refractivity contribution in [2.45, 2.75) is 309 Å². The van der Waals surface area contributed by atoms with Gasteiger partial charge in [0.05, 0.1) is 40.3 Å². The van der Waals surface area contributed by atoms with Gasteiger partial charge in [-0.05, 0) is 96.3 Å². The summed E-state index contributed by atoms with van der Waals surface area (Å²) in [4.78, 5) is 37.5. The molecule has 9 heteroatoms. The van der Waals surface area contributed by atoms with Gasteiger partial charge in [-0.2, -0.15) is 0 Å². The molecule has 0 aromatic carbocycles. The number of allylic oxidation sites excluding steroid dienone is 16. The van der Waals surface area contributed by atoms with Crippen LogP contribution in [-0.4, -0.2) is 82.3 Å². The van der Waals surface area contributed by atoms with Crippen molar-refractivity contribution in [1.29, 1.82) is 0 Å². The maximum Gasteiger partial charge on any atom is 0.306 e. The van der Waals surface area contributed by atoms with Crippen LogP contribution >= 0.6 is 0 Å². The summed E-state index contributed by atoms with van der Waals surface area (Å²) in [5.74, 6) is -2.28. The molecule has 478 valence electrons. The summed E-state index contributed by atoms with van der Waals surface area (Å²) in [6.07, 6.45) is 84.8. The van der Waals surface area contributed by atoms with E-state index in [1.54, 1.807) is 0 Å². The molecule has 0 heterocycles. The van der Waals surface area contributed by atoms with E-state index >= 15 is 0 Å². The van der Waals surface area contributed by atoms with Gasteiger partial charge in [0.15, 0.2) is 12.4 Å². The normalized spacial score (nSPS) is 13.3. The van der Waals surface area contributed by atoms with E-state index in [1.807, 2.05) is 21.1 Å². The summed E-state index contributed by atoms with van der Waals surface area (Å²) < 4.78 is 22.8. The van der Waals surface area contributed by atoms with Crippen LogP contribution in [0.4, 0.5) is 0 Å². The number of carboxylic acids is 1. The average Bonchev–Trinajstić information content (AvgIpc) is 3.46. The van der Waals surface area contributed by atoms with E-state index in [0.29, 0.717) is 17.4 Å². The van der Waals surface area contributed by atoms with Crippen molar-refractivity contribution in [1.82, 2.24) is 0 Å². The number of carbonyl (C=O) groups is 3. The van der Waals surface area contributed by atoms with Gasteiger partial charge in [0.25, 0.3) is 0 Å². The molecule has 0 fully saturated rings. The predicted molar refractivity (Wildman–Crippen MR) is 352 cm³/mol. The van der Waals surface area contributed by atoms with Crippen LogP contribution in [0.2, 0.25) is 0 Å². The number of hydrogen-bond acceptors (Lipinski definition) is 8. The van der Waals surface area contributed by atoms with E-state index in [0.717, 1.165) is 89.9 Å². The van der Waals surface area contributed by atoms with Crippen LogP contribution in [0.15, 0.2) is 97.2 Å². The molecular weight excluding hydrogens is 1030 g/mol. The van der Waals surface area contributed by atoms with Crippen LogP contribution in [0.5, 0.6) is 0 Å². The molecule has 0 aromatic rings. The van der Waals surface area contributed by atoms with E-state index in [9.17, 15) is 19.5 Å². The molecule has 0 rings (SSSR count). The average molecular weight is 1160 g/mol. The van der Waals surface area contributed by atoms with Gasteiger partial charge < -0.3 is 33.3 Å². The minimum atomic E-state index is -1.63. The smallest absolute Gasteiger partial charge is 0.306 e. The molecule has 2 atom stereocenters. The summed E-state index contributed by atoms with van der Waals surface area (Å²) in [5.41, 5.74) is 0. The zero-order valence-corrected chi connectivity index (χ0v) is 54.5. The SMILES string of the molecule is CC/C=C\C/C=C\C/C=C\C/C=C\C/C=C\CCCCCCCCCCCCCC(=O)OC(COC(=O)CCCCCCCCCCCCCCCCCC/C=C\C/C=C\C/C=C\CCCCCCC)COC(OCC[N+](C)(C)C)C(=O)[O-]. The number of likely N-dealkylation sites (N-methyl/N-ethyl adjacent to an activating group) is 1. The monoisotopic (exact) mass is 1160 g/mol. The maximum atomic E-state index is 12.9. The van der Waals surface area contributed by atoms with Gasteiger partial charge in [-0.3, -0.25) is 9.59 Å². The van der Waals surface area contributed by atoms with E-state index in [4.69, 9.17) is 18.9 Å². The molecule has 83 heavy (non-hydrogen) atoms. The lowest BCUT2D eigenvalue weighted by atomic mass is 10.0. The van der Waals surface area contributed by atoms with Gasteiger partial charge in [0, 0.05) is 12.8 Å². The van der Waals surface area contributed by atoms with Gasteiger partial charge in [0.1, 0.15) is 13.2 Å².